The maximum absolute atomic E-state index is 12.5. The van der Waals surface area contributed by atoms with E-state index < -0.39 is 16.0 Å². The Hall–Kier alpha value is -1.73. The Bertz CT molecular complexity index is 647. The second kappa shape index (κ2) is 6.36. The number of carbonyl (C=O) groups is 1. The highest BCUT2D eigenvalue weighted by molar-refractivity contribution is 7.89. The summed E-state index contributed by atoms with van der Waals surface area (Å²) < 4.78 is 26.5. The minimum Gasteiger partial charge on any atom is -0.478 e. The summed E-state index contributed by atoms with van der Waals surface area (Å²) in [6, 6.07) is 1.44. The molecule has 1 saturated heterocycles. The van der Waals surface area contributed by atoms with E-state index in [9.17, 15) is 13.2 Å². The van der Waals surface area contributed by atoms with Crippen molar-refractivity contribution in [3.8, 4) is 0 Å². The van der Waals surface area contributed by atoms with Gasteiger partial charge in [-0.3, -0.25) is 4.98 Å². The molecule has 1 aromatic heterocycles. The third-order valence-corrected chi connectivity index (χ3v) is 5.40. The van der Waals surface area contributed by atoms with Crippen LogP contribution in [0, 0.1) is 5.92 Å². The standard InChI is InChI=1S/C14H18N2O4S/c1-11-4-6-16(7-5-11)21(19,20)13-8-12(9-15-10-13)2-3-14(17)18/h2-3,8-11H,4-7H2,1H3,(H,17,18). The molecule has 1 N–H and O–H groups in total. The molecule has 0 saturated carbocycles. The smallest absolute Gasteiger partial charge is 0.328 e. The fourth-order valence-corrected chi connectivity index (χ4v) is 3.68. The Kier molecular flexibility index (Phi) is 4.74. The number of pyridine rings is 1. The highest BCUT2D eigenvalue weighted by Gasteiger charge is 2.28. The third kappa shape index (κ3) is 3.89. The van der Waals surface area contributed by atoms with Crippen molar-refractivity contribution in [1.82, 2.24) is 9.29 Å². The minimum absolute atomic E-state index is 0.101. The summed E-state index contributed by atoms with van der Waals surface area (Å²) in [6.45, 7) is 3.14. The maximum Gasteiger partial charge on any atom is 0.328 e. The number of hydrogen-bond donors (Lipinski definition) is 1. The largest absolute Gasteiger partial charge is 0.478 e. The first-order valence-electron chi connectivity index (χ1n) is 6.76. The summed E-state index contributed by atoms with van der Waals surface area (Å²) >= 11 is 0. The average Bonchev–Trinajstić information content (AvgIpc) is 2.46. The summed E-state index contributed by atoms with van der Waals surface area (Å²) in [7, 11) is -3.56. The number of carboxylic acid groups (broad SMARTS) is 1. The molecule has 0 bridgehead atoms. The van der Waals surface area contributed by atoms with E-state index >= 15 is 0 Å². The number of aliphatic carboxylic acids is 1. The van der Waals surface area contributed by atoms with Gasteiger partial charge in [-0.2, -0.15) is 4.31 Å². The molecule has 1 aliphatic heterocycles. The molecule has 0 spiro atoms. The molecule has 1 fully saturated rings. The zero-order valence-electron chi connectivity index (χ0n) is 11.8. The van der Waals surface area contributed by atoms with Crippen LogP contribution in [0.1, 0.15) is 25.3 Å². The number of nitrogens with zero attached hydrogens (tertiary/aromatic N) is 2. The maximum atomic E-state index is 12.5. The molecule has 0 unspecified atom stereocenters. The lowest BCUT2D eigenvalue weighted by atomic mass is 10.0. The molecule has 2 heterocycles. The van der Waals surface area contributed by atoms with Crippen molar-refractivity contribution in [3.63, 3.8) is 0 Å². The van der Waals surface area contributed by atoms with E-state index in [4.69, 9.17) is 5.11 Å². The topological polar surface area (TPSA) is 87.6 Å². The van der Waals surface area contributed by atoms with Crippen LogP contribution in [0.5, 0.6) is 0 Å². The van der Waals surface area contributed by atoms with Gasteiger partial charge in [0.2, 0.25) is 10.0 Å². The van der Waals surface area contributed by atoms with Gasteiger partial charge >= 0.3 is 5.97 Å². The van der Waals surface area contributed by atoms with Gasteiger partial charge < -0.3 is 5.11 Å². The van der Waals surface area contributed by atoms with Gasteiger partial charge in [0.15, 0.2) is 0 Å². The Morgan fingerprint density at radius 1 is 1.38 bits per heavy atom. The molecule has 2 rings (SSSR count). The third-order valence-electron chi connectivity index (χ3n) is 3.53. The summed E-state index contributed by atoms with van der Waals surface area (Å²) in [6.07, 6.45) is 6.71. The second-order valence-electron chi connectivity index (χ2n) is 5.21. The predicted molar refractivity (Wildman–Crippen MR) is 78.1 cm³/mol. The van der Waals surface area contributed by atoms with Crippen molar-refractivity contribution >= 4 is 22.1 Å². The van der Waals surface area contributed by atoms with Gasteiger partial charge in [0, 0.05) is 31.6 Å². The van der Waals surface area contributed by atoms with Gasteiger partial charge in [-0.1, -0.05) is 6.92 Å². The van der Waals surface area contributed by atoms with Gasteiger partial charge in [-0.15, -0.1) is 0 Å². The van der Waals surface area contributed by atoms with Gasteiger partial charge in [0.25, 0.3) is 0 Å². The fourth-order valence-electron chi connectivity index (χ4n) is 2.21. The molecule has 114 valence electrons. The fraction of sp³-hybridized carbons (Fsp3) is 0.429. The predicted octanol–water partition coefficient (Wildman–Crippen LogP) is 1.60. The van der Waals surface area contributed by atoms with E-state index in [0.29, 0.717) is 24.6 Å². The molecule has 1 aromatic rings. The van der Waals surface area contributed by atoms with Gasteiger partial charge in [-0.25, -0.2) is 13.2 Å². The molecule has 0 radical (unpaired) electrons. The normalized spacial score (nSPS) is 18.1. The van der Waals surface area contributed by atoms with E-state index in [2.05, 4.69) is 11.9 Å². The van der Waals surface area contributed by atoms with Crippen LogP contribution in [-0.2, 0) is 14.8 Å². The van der Waals surface area contributed by atoms with Crippen LogP contribution in [0.15, 0.2) is 29.4 Å². The molecular weight excluding hydrogens is 292 g/mol. The first-order valence-corrected chi connectivity index (χ1v) is 8.20. The number of aromatic nitrogens is 1. The van der Waals surface area contributed by atoms with Crippen molar-refractivity contribution in [2.45, 2.75) is 24.7 Å². The molecule has 1 aliphatic rings. The van der Waals surface area contributed by atoms with E-state index in [1.807, 2.05) is 0 Å². The molecule has 7 heteroatoms. The second-order valence-corrected chi connectivity index (χ2v) is 7.15. The first-order chi connectivity index (χ1) is 9.89. The summed E-state index contributed by atoms with van der Waals surface area (Å²) in [5.41, 5.74) is 0.448. The van der Waals surface area contributed by atoms with Crippen molar-refractivity contribution < 1.29 is 18.3 Å². The van der Waals surface area contributed by atoms with Crippen LogP contribution < -0.4 is 0 Å². The molecule has 0 amide bonds. The van der Waals surface area contributed by atoms with Crippen LogP contribution in [0.4, 0.5) is 0 Å². The number of rotatable bonds is 4. The Morgan fingerprint density at radius 2 is 2.05 bits per heavy atom. The van der Waals surface area contributed by atoms with E-state index in [-0.39, 0.29) is 4.90 Å². The zero-order chi connectivity index (χ0) is 15.5. The van der Waals surface area contributed by atoms with Crippen LogP contribution in [0.2, 0.25) is 0 Å². The molecule has 21 heavy (non-hydrogen) atoms. The molecule has 6 nitrogen and oxygen atoms in total. The minimum atomic E-state index is -3.56. The number of piperidine rings is 1. The number of carboxylic acids is 1. The highest BCUT2D eigenvalue weighted by atomic mass is 32.2. The molecule has 0 aliphatic carbocycles. The molecule has 0 aromatic carbocycles. The van der Waals surface area contributed by atoms with E-state index in [1.165, 1.54) is 28.8 Å². The Balaban J connectivity index is 2.24. The van der Waals surface area contributed by atoms with Crippen molar-refractivity contribution in [2.24, 2.45) is 5.92 Å². The Labute approximate surface area is 124 Å². The molecule has 0 atom stereocenters. The van der Waals surface area contributed by atoms with Gasteiger partial charge in [0.05, 0.1) is 0 Å². The number of hydrogen-bond acceptors (Lipinski definition) is 4. The quantitative estimate of drug-likeness (QED) is 0.853. The molecular formula is C14H18N2O4S. The zero-order valence-corrected chi connectivity index (χ0v) is 12.6. The lowest BCUT2D eigenvalue weighted by Gasteiger charge is -2.29. The van der Waals surface area contributed by atoms with Crippen molar-refractivity contribution in [2.75, 3.05) is 13.1 Å². The first kappa shape index (κ1) is 15.7. The van der Waals surface area contributed by atoms with Crippen LogP contribution >= 0.6 is 0 Å². The van der Waals surface area contributed by atoms with Crippen molar-refractivity contribution in [3.05, 3.63) is 30.1 Å². The highest BCUT2D eigenvalue weighted by Crippen LogP contribution is 2.23. The van der Waals surface area contributed by atoms with E-state index in [1.54, 1.807) is 0 Å². The SMILES string of the molecule is CC1CCN(S(=O)(=O)c2cncc(C=CC(=O)O)c2)CC1. The van der Waals surface area contributed by atoms with Crippen LogP contribution in [-0.4, -0.2) is 41.9 Å². The van der Waals surface area contributed by atoms with Crippen LogP contribution in [0.3, 0.4) is 0 Å². The van der Waals surface area contributed by atoms with Crippen molar-refractivity contribution in [1.29, 1.82) is 0 Å². The monoisotopic (exact) mass is 310 g/mol. The van der Waals surface area contributed by atoms with Gasteiger partial charge in [-0.05, 0) is 36.5 Å². The van der Waals surface area contributed by atoms with E-state index in [0.717, 1.165) is 18.9 Å². The summed E-state index contributed by atoms with van der Waals surface area (Å²) in [4.78, 5) is 14.5. The summed E-state index contributed by atoms with van der Waals surface area (Å²) in [5.74, 6) is -0.548. The lowest BCUT2D eigenvalue weighted by molar-refractivity contribution is -0.131. The van der Waals surface area contributed by atoms with Gasteiger partial charge in [0.1, 0.15) is 4.90 Å². The number of sulfonamides is 1. The Morgan fingerprint density at radius 3 is 2.67 bits per heavy atom. The van der Waals surface area contributed by atoms with Crippen LogP contribution in [0.25, 0.3) is 6.08 Å². The average molecular weight is 310 g/mol. The summed E-state index contributed by atoms with van der Waals surface area (Å²) in [5, 5.41) is 8.60. The lowest BCUT2D eigenvalue weighted by Crippen LogP contribution is -2.37.